The lowest BCUT2D eigenvalue weighted by Crippen LogP contribution is -2.27. The van der Waals surface area contributed by atoms with Crippen molar-refractivity contribution in [1.29, 1.82) is 0 Å². The minimum atomic E-state index is -0.757. The number of amides is 1. The zero-order valence-corrected chi connectivity index (χ0v) is 18.6. The number of carbonyl (C=O) groups is 2. The summed E-state index contributed by atoms with van der Waals surface area (Å²) in [7, 11) is 0. The molecule has 0 N–H and O–H groups in total. The van der Waals surface area contributed by atoms with Gasteiger partial charge < -0.3 is 9.47 Å². The van der Waals surface area contributed by atoms with E-state index in [1.165, 1.54) is 40.9 Å². The summed E-state index contributed by atoms with van der Waals surface area (Å²) < 4.78 is 11.5. The Hall–Kier alpha value is -3.50. The van der Waals surface area contributed by atoms with Gasteiger partial charge in [-0.15, -0.1) is 6.58 Å². The second-order valence-corrected chi connectivity index (χ2v) is 8.09. The fraction of sp³-hybridized carbons (Fsp3) is 0.136. The van der Waals surface area contributed by atoms with Crippen molar-refractivity contribution in [3.8, 4) is 11.5 Å². The van der Waals surface area contributed by atoms with Crippen molar-refractivity contribution in [3.63, 3.8) is 0 Å². The van der Waals surface area contributed by atoms with Crippen LogP contribution in [0.15, 0.2) is 60.0 Å². The molecule has 0 saturated carbocycles. The van der Waals surface area contributed by atoms with E-state index < -0.39 is 10.9 Å². The summed E-state index contributed by atoms with van der Waals surface area (Å²) in [5, 5.41) is 10.9. The van der Waals surface area contributed by atoms with Crippen molar-refractivity contribution in [3.05, 3.63) is 81.3 Å². The molecule has 1 amide bonds. The fourth-order valence-corrected chi connectivity index (χ4v) is 4.09. The molecule has 2 aromatic rings. The zero-order valence-electron chi connectivity index (χ0n) is 17.0. The average Bonchev–Trinajstić information content (AvgIpc) is 3.03. The normalized spacial score (nSPS) is 14.5. The molecule has 1 saturated heterocycles. The highest BCUT2D eigenvalue weighted by Gasteiger charge is 2.31. The van der Waals surface area contributed by atoms with E-state index in [4.69, 9.17) is 21.7 Å². The van der Waals surface area contributed by atoms with E-state index in [-0.39, 0.29) is 22.9 Å². The standard InChI is InChI=1S/C22H18N2O6S2/c1-3-10-23-20(25)19(32-22(23)31)12-14-8-9-17(18(11-14)29-4-2)30-21(26)15-6-5-7-16(13-15)24(27)28/h3,5-9,11-13H,1,4,10H2,2H3/b19-12-. The lowest BCUT2D eigenvalue weighted by molar-refractivity contribution is -0.384. The van der Waals surface area contributed by atoms with Crippen LogP contribution in [0.5, 0.6) is 11.5 Å². The van der Waals surface area contributed by atoms with E-state index >= 15 is 0 Å². The SMILES string of the molecule is C=CCN1C(=O)/C(=C/c2ccc(OC(=O)c3cccc([N+](=O)[O-])c3)c(OCC)c2)SC1=S. The highest BCUT2D eigenvalue weighted by molar-refractivity contribution is 8.26. The van der Waals surface area contributed by atoms with Crippen LogP contribution in [0.3, 0.4) is 0 Å². The Morgan fingerprint density at radius 1 is 1.28 bits per heavy atom. The second-order valence-electron chi connectivity index (χ2n) is 6.42. The molecule has 3 rings (SSSR count). The second kappa shape index (κ2) is 10.2. The van der Waals surface area contributed by atoms with Crippen LogP contribution >= 0.6 is 24.0 Å². The predicted molar refractivity (Wildman–Crippen MR) is 126 cm³/mol. The third-order valence-electron chi connectivity index (χ3n) is 4.25. The van der Waals surface area contributed by atoms with Crippen molar-refractivity contribution in [2.24, 2.45) is 0 Å². The van der Waals surface area contributed by atoms with Crippen LogP contribution in [0.25, 0.3) is 6.08 Å². The van der Waals surface area contributed by atoms with Gasteiger partial charge >= 0.3 is 5.97 Å². The highest BCUT2D eigenvalue weighted by Crippen LogP contribution is 2.35. The first-order chi connectivity index (χ1) is 15.3. The van der Waals surface area contributed by atoms with Gasteiger partial charge in [-0.25, -0.2) is 4.79 Å². The fourth-order valence-electron chi connectivity index (χ4n) is 2.81. The Morgan fingerprint density at radius 2 is 2.06 bits per heavy atom. The van der Waals surface area contributed by atoms with Crippen molar-refractivity contribution < 1.29 is 24.0 Å². The molecule has 32 heavy (non-hydrogen) atoms. The summed E-state index contributed by atoms with van der Waals surface area (Å²) in [5.41, 5.74) is 0.480. The summed E-state index contributed by atoms with van der Waals surface area (Å²) in [6.45, 7) is 6.05. The minimum Gasteiger partial charge on any atom is -0.490 e. The molecule has 0 bridgehead atoms. The number of ether oxygens (including phenoxy) is 2. The molecule has 0 aliphatic carbocycles. The van der Waals surface area contributed by atoms with Crippen LogP contribution in [0, 0.1) is 10.1 Å². The first kappa shape index (κ1) is 23.2. The predicted octanol–water partition coefficient (Wildman–Crippen LogP) is 4.60. The number of esters is 1. The van der Waals surface area contributed by atoms with Crippen molar-refractivity contribution in [2.75, 3.05) is 13.2 Å². The first-order valence-corrected chi connectivity index (χ1v) is 10.7. The Balaban J connectivity index is 1.85. The lowest BCUT2D eigenvalue weighted by Gasteiger charge is -2.12. The number of benzene rings is 2. The van der Waals surface area contributed by atoms with Gasteiger partial charge in [0.15, 0.2) is 11.5 Å². The maximum Gasteiger partial charge on any atom is 0.343 e. The van der Waals surface area contributed by atoms with Gasteiger partial charge in [0.05, 0.1) is 22.0 Å². The van der Waals surface area contributed by atoms with Gasteiger partial charge in [-0.2, -0.15) is 0 Å². The molecular formula is C22H18N2O6S2. The summed E-state index contributed by atoms with van der Waals surface area (Å²) in [6, 6.07) is 10.1. The number of hydrogen-bond donors (Lipinski definition) is 0. The number of nitrogens with zero attached hydrogens (tertiary/aromatic N) is 2. The molecule has 0 aromatic heterocycles. The van der Waals surface area contributed by atoms with Crippen molar-refractivity contribution in [1.82, 2.24) is 4.90 Å². The Labute approximate surface area is 193 Å². The molecule has 0 atom stereocenters. The maximum atomic E-state index is 12.5. The number of nitro groups is 1. The molecular weight excluding hydrogens is 452 g/mol. The quantitative estimate of drug-likeness (QED) is 0.105. The van der Waals surface area contributed by atoms with Crippen LogP contribution in [-0.4, -0.2) is 39.2 Å². The summed E-state index contributed by atoms with van der Waals surface area (Å²) in [4.78, 5) is 37.3. The van der Waals surface area contributed by atoms with Crippen LogP contribution in [0.1, 0.15) is 22.8 Å². The first-order valence-electron chi connectivity index (χ1n) is 9.43. The maximum absolute atomic E-state index is 12.5. The number of thioether (sulfide) groups is 1. The molecule has 10 heteroatoms. The van der Waals surface area contributed by atoms with Crippen LogP contribution < -0.4 is 9.47 Å². The average molecular weight is 471 g/mol. The monoisotopic (exact) mass is 470 g/mol. The molecule has 164 valence electrons. The van der Waals surface area contributed by atoms with Crippen LogP contribution in [0.2, 0.25) is 0 Å². The molecule has 0 radical (unpaired) electrons. The summed E-state index contributed by atoms with van der Waals surface area (Å²) in [5.74, 6) is -0.520. The molecule has 8 nitrogen and oxygen atoms in total. The third kappa shape index (κ3) is 5.21. The van der Waals surface area contributed by atoms with E-state index in [9.17, 15) is 19.7 Å². The van der Waals surface area contributed by atoms with Gasteiger partial charge in [0.2, 0.25) is 0 Å². The molecule has 0 unspecified atom stereocenters. The van der Waals surface area contributed by atoms with E-state index in [1.54, 1.807) is 31.2 Å². The van der Waals surface area contributed by atoms with Gasteiger partial charge in [-0.05, 0) is 36.8 Å². The van der Waals surface area contributed by atoms with Gasteiger partial charge in [-0.1, -0.05) is 42.2 Å². The Kier molecular flexibility index (Phi) is 7.39. The van der Waals surface area contributed by atoms with E-state index in [2.05, 4.69) is 6.58 Å². The molecule has 1 aliphatic rings. The van der Waals surface area contributed by atoms with E-state index in [0.717, 1.165) is 6.07 Å². The Bertz CT molecular complexity index is 1140. The molecule has 1 heterocycles. The van der Waals surface area contributed by atoms with Crippen LogP contribution in [0.4, 0.5) is 5.69 Å². The zero-order chi connectivity index (χ0) is 23.3. The van der Waals surface area contributed by atoms with Gasteiger partial charge in [-0.3, -0.25) is 19.8 Å². The van der Waals surface area contributed by atoms with Gasteiger partial charge in [0.1, 0.15) is 4.32 Å². The van der Waals surface area contributed by atoms with Gasteiger partial charge in [0, 0.05) is 18.7 Å². The Morgan fingerprint density at radius 3 is 2.75 bits per heavy atom. The number of rotatable bonds is 8. The summed E-state index contributed by atoms with van der Waals surface area (Å²) >= 11 is 6.43. The molecule has 1 fully saturated rings. The molecule has 1 aliphatic heterocycles. The largest absolute Gasteiger partial charge is 0.490 e. The number of hydrogen-bond acceptors (Lipinski definition) is 8. The highest BCUT2D eigenvalue weighted by atomic mass is 32.2. The lowest BCUT2D eigenvalue weighted by atomic mass is 10.1. The third-order valence-corrected chi connectivity index (χ3v) is 5.62. The van der Waals surface area contributed by atoms with E-state index in [1.807, 2.05) is 0 Å². The number of nitro benzene ring substituents is 1. The van der Waals surface area contributed by atoms with Crippen molar-refractivity contribution >= 4 is 51.9 Å². The molecule has 2 aromatic carbocycles. The van der Waals surface area contributed by atoms with Crippen molar-refractivity contribution in [2.45, 2.75) is 6.92 Å². The minimum absolute atomic E-state index is 0.0385. The number of carbonyl (C=O) groups excluding carboxylic acids is 2. The van der Waals surface area contributed by atoms with Crippen LogP contribution in [-0.2, 0) is 4.79 Å². The smallest absolute Gasteiger partial charge is 0.343 e. The number of thiocarbonyl (C=S) groups is 1. The van der Waals surface area contributed by atoms with Gasteiger partial charge in [0.25, 0.3) is 11.6 Å². The molecule has 0 spiro atoms. The number of non-ortho nitro benzene ring substituents is 1. The summed E-state index contributed by atoms with van der Waals surface area (Å²) in [6.07, 6.45) is 3.28. The topological polar surface area (TPSA) is 99.0 Å². The van der Waals surface area contributed by atoms with E-state index in [0.29, 0.717) is 33.7 Å².